The lowest BCUT2D eigenvalue weighted by Gasteiger charge is -2.34. The number of alkyl halides is 2. The first-order valence-electron chi connectivity index (χ1n) is 10.0. The third-order valence-corrected chi connectivity index (χ3v) is 6.27. The van der Waals surface area contributed by atoms with E-state index in [1.54, 1.807) is 17.1 Å². The molecule has 0 aromatic carbocycles. The summed E-state index contributed by atoms with van der Waals surface area (Å²) in [7, 11) is 0. The molecule has 3 aromatic rings. The summed E-state index contributed by atoms with van der Waals surface area (Å²) in [5.74, 6) is -1.10. The largest absolute Gasteiger partial charge is 0.310 e. The predicted molar refractivity (Wildman–Crippen MR) is 102 cm³/mol. The summed E-state index contributed by atoms with van der Waals surface area (Å²) in [5.41, 5.74) is 1.24. The minimum atomic E-state index is -2.61. The lowest BCUT2D eigenvalue weighted by Crippen LogP contribution is -2.29. The number of H-pyrrole nitrogens is 1. The molecule has 3 heterocycles. The van der Waals surface area contributed by atoms with Crippen molar-refractivity contribution >= 4 is 11.0 Å². The van der Waals surface area contributed by atoms with E-state index >= 15 is 0 Å². The van der Waals surface area contributed by atoms with Crippen LogP contribution in [-0.2, 0) is 0 Å². The first-order chi connectivity index (χ1) is 13.9. The van der Waals surface area contributed by atoms with Gasteiger partial charge in [-0.25, -0.2) is 28.4 Å². The molecule has 152 valence electrons. The lowest BCUT2D eigenvalue weighted by molar-refractivity contribution is -0.0446. The van der Waals surface area contributed by atoms with Crippen molar-refractivity contribution in [3.05, 3.63) is 46.2 Å². The van der Waals surface area contributed by atoms with Crippen molar-refractivity contribution < 1.29 is 8.78 Å². The van der Waals surface area contributed by atoms with E-state index in [9.17, 15) is 13.6 Å². The Morgan fingerprint density at radius 3 is 2.41 bits per heavy atom. The zero-order valence-electron chi connectivity index (χ0n) is 16.1. The van der Waals surface area contributed by atoms with Gasteiger partial charge in [0.15, 0.2) is 5.65 Å². The van der Waals surface area contributed by atoms with Crippen molar-refractivity contribution in [2.45, 2.75) is 69.2 Å². The number of fused-ring (bicyclic) bond motifs is 1. The van der Waals surface area contributed by atoms with Crippen molar-refractivity contribution in [3.63, 3.8) is 0 Å². The Kier molecular flexibility index (Phi) is 4.22. The summed E-state index contributed by atoms with van der Waals surface area (Å²) >= 11 is 0. The maximum atomic E-state index is 13.5. The Balaban J connectivity index is 1.48. The minimum absolute atomic E-state index is 0.0360. The van der Waals surface area contributed by atoms with E-state index in [1.807, 2.05) is 6.92 Å². The molecule has 0 radical (unpaired) electrons. The lowest BCUT2D eigenvalue weighted by atomic mass is 9.72. The standard InChI is InChI=1S/C20H22F2N6O/c1-11-8-23-16(24-9-11)13-2-3-14(13)17-26-18-15(19(29)27-17)10-25-28(18)12-4-6-20(21,22)7-5-12/h8-10,12-14H,2-7H2,1H3,(H,26,27,29). The third-order valence-electron chi connectivity index (χ3n) is 6.27. The highest BCUT2D eigenvalue weighted by atomic mass is 19.3. The van der Waals surface area contributed by atoms with E-state index in [0.29, 0.717) is 29.7 Å². The van der Waals surface area contributed by atoms with Crippen LogP contribution in [0.1, 0.15) is 73.6 Å². The maximum absolute atomic E-state index is 13.5. The van der Waals surface area contributed by atoms with Crippen LogP contribution in [0, 0.1) is 6.92 Å². The van der Waals surface area contributed by atoms with E-state index in [1.165, 1.54) is 6.20 Å². The van der Waals surface area contributed by atoms with E-state index in [2.05, 4.69) is 20.1 Å². The maximum Gasteiger partial charge on any atom is 0.262 e. The summed E-state index contributed by atoms with van der Waals surface area (Å²) in [6.07, 6.45) is 7.24. The number of rotatable bonds is 3. The van der Waals surface area contributed by atoms with Crippen molar-refractivity contribution in [1.29, 1.82) is 0 Å². The molecule has 2 aliphatic carbocycles. The topological polar surface area (TPSA) is 89.4 Å². The molecule has 1 N–H and O–H groups in total. The zero-order valence-corrected chi connectivity index (χ0v) is 16.1. The Morgan fingerprint density at radius 2 is 1.76 bits per heavy atom. The number of hydrogen-bond acceptors (Lipinski definition) is 5. The third kappa shape index (κ3) is 3.22. The summed E-state index contributed by atoms with van der Waals surface area (Å²) in [5, 5.41) is 4.72. The van der Waals surface area contributed by atoms with Gasteiger partial charge in [-0.3, -0.25) is 4.79 Å². The van der Waals surface area contributed by atoms with Crippen molar-refractivity contribution in [2.75, 3.05) is 0 Å². The van der Waals surface area contributed by atoms with Crippen LogP contribution >= 0.6 is 0 Å². The van der Waals surface area contributed by atoms with Gasteiger partial charge < -0.3 is 4.98 Å². The molecule has 2 saturated carbocycles. The highest BCUT2D eigenvalue weighted by Crippen LogP contribution is 2.46. The van der Waals surface area contributed by atoms with Crippen molar-refractivity contribution in [2.24, 2.45) is 0 Å². The van der Waals surface area contributed by atoms with E-state index in [0.717, 1.165) is 24.2 Å². The molecular formula is C20H22F2N6O. The first-order valence-corrected chi connectivity index (χ1v) is 10.0. The second-order valence-electron chi connectivity index (χ2n) is 8.27. The molecule has 29 heavy (non-hydrogen) atoms. The SMILES string of the molecule is Cc1cnc(C2CCC2c2nc3c(cnn3C3CCC(F)(F)CC3)c(=O)[nH]2)nc1. The van der Waals surface area contributed by atoms with Gasteiger partial charge in [0.2, 0.25) is 5.92 Å². The van der Waals surface area contributed by atoms with Gasteiger partial charge in [0.05, 0.1) is 12.2 Å². The number of hydrogen-bond donors (Lipinski definition) is 1. The monoisotopic (exact) mass is 400 g/mol. The van der Waals surface area contributed by atoms with Crippen LogP contribution in [0.2, 0.25) is 0 Å². The number of aryl methyl sites for hydroxylation is 1. The second kappa shape index (κ2) is 6.67. The summed E-state index contributed by atoms with van der Waals surface area (Å²) in [6, 6.07) is -0.160. The van der Waals surface area contributed by atoms with Crippen LogP contribution in [0.3, 0.4) is 0 Å². The molecule has 9 heteroatoms. The molecule has 2 atom stereocenters. The second-order valence-corrected chi connectivity index (χ2v) is 8.27. The number of halogens is 2. The zero-order chi connectivity index (χ0) is 20.2. The van der Waals surface area contributed by atoms with E-state index in [-0.39, 0.29) is 36.3 Å². The van der Waals surface area contributed by atoms with Crippen LogP contribution in [0.4, 0.5) is 8.78 Å². The van der Waals surface area contributed by atoms with Gasteiger partial charge in [-0.05, 0) is 38.2 Å². The fourth-order valence-corrected chi connectivity index (χ4v) is 4.40. The quantitative estimate of drug-likeness (QED) is 0.725. The Labute approximate surface area is 165 Å². The smallest absolute Gasteiger partial charge is 0.262 e. The summed E-state index contributed by atoms with van der Waals surface area (Å²) in [6.45, 7) is 1.94. The van der Waals surface area contributed by atoms with Crippen LogP contribution in [0.25, 0.3) is 11.0 Å². The Bertz CT molecular complexity index is 1100. The molecule has 0 aliphatic heterocycles. The van der Waals surface area contributed by atoms with Crippen LogP contribution in [0.5, 0.6) is 0 Å². The van der Waals surface area contributed by atoms with Gasteiger partial charge in [-0.1, -0.05) is 0 Å². The number of aromatic nitrogens is 6. The molecule has 0 bridgehead atoms. The van der Waals surface area contributed by atoms with Gasteiger partial charge in [-0.15, -0.1) is 0 Å². The molecule has 7 nitrogen and oxygen atoms in total. The fraction of sp³-hybridized carbons (Fsp3) is 0.550. The van der Waals surface area contributed by atoms with Gasteiger partial charge in [0.1, 0.15) is 17.0 Å². The molecule has 2 aliphatic rings. The molecule has 0 saturated heterocycles. The van der Waals surface area contributed by atoms with Gasteiger partial charge >= 0.3 is 0 Å². The van der Waals surface area contributed by atoms with Gasteiger partial charge in [0, 0.05) is 37.1 Å². The molecule has 2 fully saturated rings. The minimum Gasteiger partial charge on any atom is -0.310 e. The molecule has 3 aromatic heterocycles. The average Bonchev–Trinajstić information content (AvgIpc) is 3.07. The first kappa shape index (κ1) is 18.3. The number of aromatic amines is 1. The normalized spacial score (nSPS) is 24.5. The molecule has 0 spiro atoms. The highest BCUT2D eigenvalue weighted by Gasteiger charge is 2.39. The highest BCUT2D eigenvalue weighted by molar-refractivity contribution is 5.73. The van der Waals surface area contributed by atoms with E-state index in [4.69, 9.17) is 4.98 Å². The summed E-state index contributed by atoms with van der Waals surface area (Å²) in [4.78, 5) is 29.1. The van der Waals surface area contributed by atoms with Crippen LogP contribution in [-0.4, -0.2) is 35.6 Å². The number of nitrogens with one attached hydrogen (secondary N) is 1. The van der Waals surface area contributed by atoms with Crippen molar-refractivity contribution in [1.82, 2.24) is 29.7 Å². The molecule has 2 unspecified atom stereocenters. The van der Waals surface area contributed by atoms with Gasteiger partial charge in [0.25, 0.3) is 5.56 Å². The molecular weight excluding hydrogens is 378 g/mol. The predicted octanol–water partition coefficient (Wildman–Crippen LogP) is 3.63. The van der Waals surface area contributed by atoms with Crippen LogP contribution in [0.15, 0.2) is 23.4 Å². The molecule has 5 rings (SSSR count). The van der Waals surface area contributed by atoms with E-state index < -0.39 is 5.92 Å². The summed E-state index contributed by atoms with van der Waals surface area (Å²) < 4.78 is 28.7. The average molecular weight is 400 g/mol. The van der Waals surface area contributed by atoms with Crippen molar-refractivity contribution in [3.8, 4) is 0 Å². The fourth-order valence-electron chi connectivity index (χ4n) is 4.40. The molecule has 0 amide bonds. The Morgan fingerprint density at radius 1 is 1.07 bits per heavy atom. The number of nitrogens with zero attached hydrogens (tertiary/aromatic N) is 5. The van der Waals surface area contributed by atoms with Gasteiger partial charge in [-0.2, -0.15) is 5.10 Å². The van der Waals surface area contributed by atoms with Crippen LogP contribution < -0.4 is 5.56 Å². The Hall–Kier alpha value is -2.71.